The van der Waals surface area contributed by atoms with Crippen LogP contribution in [0.5, 0.6) is 0 Å². The molecule has 1 heterocycles. The van der Waals surface area contributed by atoms with Crippen molar-refractivity contribution in [3.05, 3.63) is 0 Å². The lowest BCUT2D eigenvalue weighted by atomic mass is 9.93. The molecule has 0 aliphatic carbocycles. The van der Waals surface area contributed by atoms with Crippen LogP contribution in [0.2, 0.25) is 0 Å². The van der Waals surface area contributed by atoms with Crippen LogP contribution < -0.4 is 0 Å². The lowest BCUT2D eigenvalue weighted by Gasteiger charge is -2.31. The third kappa shape index (κ3) is 5.59. The van der Waals surface area contributed by atoms with Crippen LogP contribution in [0.15, 0.2) is 0 Å². The molecule has 2 amide bonds. The van der Waals surface area contributed by atoms with Crippen molar-refractivity contribution in [1.82, 2.24) is 4.90 Å². The van der Waals surface area contributed by atoms with Crippen LogP contribution in [0.25, 0.3) is 0 Å². The van der Waals surface area contributed by atoms with Gasteiger partial charge in [-0.05, 0) is 39.5 Å². The van der Waals surface area contributed by atoms with E-state index in [1.807, 2.05) is 0 Å². The van der Waals surface area contributed by atoms with Crippen molar-refractivity contribution < 1.29 is 23.9 Å². The van der Waals surface area contributed by atoms with Crippen LogP contribution in [0.3, 0.4) is 0 Å². The third-order valence-corrected chi connectivity index (χ3v) is 2.97. The van der Waals surface area contributed by atoms with Gasteiger partial charge in [0, 0.05) is 19.9 Å². The molecule has 0 saturated carbocycles. The van der Waals surface area contributed by atoms with Crippen molar-refractivity contribution >= 4 is 18.0 Å². The Bertz CT molecular complexity index is 386. The molecule has 1 saturated heterocycles. The van der Waals surface area contributed by atoms with E-state index in [9.17, 15) is 14.4 Å². The highest BCUT2D eigenvalue weighted by Crippen LogP contribution is 2.23. The summed E-state index contributed by atoms with van der Waals surface area (Å²) in [5.74, 6) is -0.388. The number of esters is 1. The Balaban J connectivity index is 2.41. The molecule has 6 nitrogen and oxygen atoms in total. The quantitative estimate of drug-likeness (QED) is 0.743. The van der Waals surface area contributed by atoms with Crippen LogP contribution in [-0.4, -0.2) is 41.6 Å². The minimum Gasteiger partial charge on any atom is -0.466 e. The van der Waals surface area contributed by atoms with Crippen LogP contribution in [0.4, 0.5) is 4.79 Å². The van der Waals surface area contributed by atoms with Crippen molar-refractivity contribution in [2.75, 3.05) is 13.2 Å². The molecule has 6 heteroatoms. The Morgan fingerprint density at radius 1 is 1.35 bits per heavy atom. The number of carbonyl (C=O) groups excluding carboxylic acids is 3. The molecule has 1 aliphatic heterocycles. The second-order valence-corrected chi connectivity index (χ2v) is 6.01. The molecule has 1 aliphatic rings. The first-order valence-electron chi connectivity index (χ1n) is 6.86. The molecule has 1 atom stereocenters. The second kappa shape index (κ2) is 6.72. The van der Waals surface area contributed by atoms with Gasteiger partial charge in [0.1, 0.15) is 5.60 Å². The Morgan fingerprint density at radius 2 is 2.00 bits per heavy atom. The Hall–Kier alpha value is -1.59. The van der Waals surface area contributed by atoms with E-state index in [0.717, 1.165) is 4.90 Å². The van der Waals surface area contributed by atoms with Gasteiger partial charge in [-0.3, -0.25) is 9.59 Å². The summed E-state index contributed by atoms with van der Waals surface area (Å²) < 4.78 is 10.1. The smallest absolute Gasteiger partial charge is 0.417 e. The summed E-state index contributed by atoms with van der Waals surface area (Å²) in [5, 5.41) is 0. The van der Waals surface area contributed by atoms with E-state index < -0.39 is 11.7 Å². The fourth-order valence-electron chi connectivity index (χ4n) is 2.02. The molecule has 0 radical (unpaired) electrons. The van der Waals surface area contributed by atoms with Gasteiger partial charge in [-0.2, -0.15) is 0 Å². The summed E-state index contributed by atoms with van der Waals surface area (Å²) in [7, 11) is 0. The second-order valence-electron chi connectivity index (χ2n) is 6.01. The highest BCUT2D eigenvalue weighted by atomic mass is 16.6. The Labute approximate surface area is 119 Å². The van der Waals surface area contributed by atoms with Crippen molar-refractivity contribution in [3.63, 3.8) is 0 Å². The van der Waals surface area contributed by atoms with Gasteiger partial charge in [-0.1, -0.05) is 0 Å². The topological polar surface area (TPSA) is 72.9 Å². The van der Waals surface area contributed by atoms with Gasteiger partial charge in [0.15, 0.2) is 0 Å². The molecular formula is C14H23NO5. The number of ether oxygens (including phenoxy) is 2. The molecular weight excluding hydrogens is 262 g/mol. The molecule has 0 bridgehead atoms. The van der Waals surface area contributed by atoms with Gasteiger partial charge in [-0.25, -0.2) is 9.69 Å². The molecule has 0 aromatic carbocycles. The Kier molecular flexibility index (Phi) is 5.53. The number of carbonyl (C=O) groups is 3. The molecule has 1 unspecified atom stereocenters. The minimum atomic E-state index is -0.608. The predicted octanol–water partition coefficient (Wildman–Crippen LogP) is 2.11. The first-order chi connectivity index (χ1) is 9.19. The predicted molar refractivity (Wildman–Crippen MR) is 71.9 cm³/mol. The Morgan fingerprint density at radius 3 is 2.50 bits per heavy atom. The van der Waals surface area contributed by atoms with Gasteiger partial charge in [0.25, 0.3) is 0 Å². The molecule has 0 N–H and O–H groups in total. The van der Waals surface area contributed by atoms with E-state index in [1.165, 1.54) is 6.92 Å². The van der Waals surface area contributed by atoms with Crippen molar-refractivity contribution in [2.45, 2.75) is 52.6 Å². The molecule has 0 spiro atoms. The zero-order valence-electron chi connectivity index (χ0n) is 12.6. The van der Waals surface area contributed by atoms with Gasteiger partial charge in [0.05, 0.1) is 6.61 Å². The summed E-state index contributed by atoms with van der Waals surface area (Å²) in [6, 6.07) is 0. The number of amides is 2. The van der Waals surface area contributed by atoms with E-state index in [2.05, 4.69) is 0 Å². The number of piperidine rings is 1. The zero-order chi connectivity index (χ0) is 15.3. The number of hydrogen-bond acceptors (Lipinski definition) is 5. The van der Waals surface area contributed by atoms with E-state index in [4.69, 9.17) is 9.47 Å². The first kappa shape index (κ1) is 16.5. The van der Waals surface area contributed by atoms with Crippen LogP contribution >= 0.6 is 0 Å². The highest BCUT2D eigenvalue weighted by Gasteiger charge is 2.32. The average Bonchev–Trinajstić information content (AvgIpc) is 2.25. The number of imide groups is 1. The fraction of sp³-hybridized carbons (Fsp3) is 0.786. The van der Waals surface area contributed by atoms with E-state index in [0.29, 0.717) is 32.4 Å². The van der Waals surface area contributed by atoms with Crippen molar-refractivity contribution in [3.8, 4) is 0 Å². The van der Waals surface area contributed by atoms with Gasteiger partial charge in [-0.15, -0.1) is 0 Å². The largest absolute Gasteiger partial charge is 0.466 e. The standard InChI is InChI=1S/C14H23NO5/c1-10(16)19-8-6-11-5-7-15(12(17)9-11)13(18)20-14(2,3)4/h11H,5-9H2,1-4H3. The first-order valence-corrected chi connectivity index (χ1v) is 6.86. The molecule has 1 fully saturated rings. The van der Waals surface area contributed by atoms with E-state index in [-0.39, 0.29) is 17.8 Å². The normalized spacial score (nSPS) is 19.7. The minimum absolute atomic E-state index is 0.153. The number of likely N-dealkylation sites (tertiary alicyclic amines) is 1. The van der Waals surface area contributed by atoms with Crippen molar-refractivity contribution in [2.24, 2.45) is 5.92 Å². The molecule has 0 aromatic rings. The number of nitrogens with zero attached hydrogens (tertiary/aromatic N) is 1. The maximum absolute atomic E-state index is 11.9. The lowest BCUT2D eigenvalue weighted by Crippen LogP contribution is -2.45. The fourth-order valence-corrected chi connectivity index (χ4v) is 2.02. The summed E-state index contributed by atoms with van der Waals surface area (Å²) >= 11 is 0. The third-order valence-electron chi connectivity index (χ3n) is 2.97. The number of rotatable bonds is 3. The SMILES string of the molecule is CC(=O)OCCC1CCN(C(=O)OC(C)(C)C)C(=O)C1. The van der Waals surface area contributed by atoms with Gasteiger partial charge < -0.3 is 9.47 Å². The highest BCUT2D eigenvalue weighted by molar-refractivity contribution is 5.92. The maximum atomic E-state index is 11.9. The van der Waals surface area contributed by atoms with Crippen LogP contribution in [0.1, 0.15) is 47.0 Å². The van der Waals surface area contributed by atoms with E-state index >= 15 is 0 Å². The average molecular weight is 285 g/mol. The van der Waals surface area contributed by atoms with E-state index in [1.54, 1.807) is 20.8 Å². The van der Waals surface area contributed by atoms with Crippen LogP contribution in [0, 0.1) is 5.92 Å². The summed E-state index contributed by atoms with van der Waals surface area (Å²) in [4.78, 5) is 35.6. The molecule has 1 rings (SSSR count). The van der Waals surface area contributed by atoms with Crippen molar-refractivity contribution in [1.29, 1.82) is 0 Å². The summed E-state index contributed by atoms with van der Waals surface area (Å²) in [5.41, 5.74) is -0.608. The zero-order valence-corrected chi connectivity index (χ0v) is 12.6. The summed E-state index contributed by atoms with van der Waals surface area (Å²) in [6.07, 6.45) is 1.07. The monoisotopic (exact) mass is 285 g/mol. The molecule has 0 aromatic heterocycles. The maximum Gasteiger partial charge on any atom is 0.417 e. The molecule has 114 valence electrons. The van der Waals surface area contributed by atoms with Crippen LogP contribution in [-0.2, 0) is 19.1 Å². The number of hydrogen-bond donors (Lipinski definition) is 0. The van der Waals surface area contributed by atoms with Gasteiger partial charge in [0.2, 0.25) is 5.91 Å². The molecule has 20 heavy (non-hydrogen) atoms. The summed E-state index contributed by atoms with van der Waals surface area (Å²) in [6.45, 7) is 7.33. The lowest BCUT2D eigenvalue weighted by molar-refractivity contribution is -0.141. The van der Waals surface area contributed by atoms with Gasteiger partial charge >= 0.3 is 12.1 Å².